The quantitative estimate of drug-likeness (QED) is 0.840. The fourth-order valence-electron chi connectivity index (χ4n) is 3.07. The van der Waals surface area contributed by atoms with Crippen molar-refractivity contribution in [2.24, 2.45) is 0 Å². The van der Waals surface area contributed by atoms with Crippen molar-refractivity contribution < 1.29 is 14.6 Å². The number of aliphatic hydroxyl groups is 1. The number of nitrogens with zero attached hydrogens (tertiary/aromatic N) is 1. The van der Waals surface area contributed by atoms with Crippen LogP contribution in [0.5, 0.6) is 0 Å². The van der Waals surface area contributed by atoms with E-state index in [1.807, 2.05) is 4.90 Å². The van der Waals surface area contributed by atoms with Crippen LogP contribution < -0.4 is 5.32 Å². The normalized spacial score (nSPS) is 20.5. The SMILES string of the molecule is CC[C@H](Cc1ccc(C)cc1)NC(=O)N1CCOC[C@@H]1C[C@@H](C)O. The highest BCUT2D eigenvalue weighted by Gasteiger charge is 2.29. The number of benzene rings is 1. The van der Waals surface area contributed by atoms with Crippen LogP contribution in [0.2, 0.25) is 0 Å². The van der Waals surface area contributed by atoms with Gasteiger partial charge in [-0.05, 0) is 38.7 Å². The van der Waals surface area contributed by atoms with E-state index in [1.165, 1.54) is 11.1 Å². The second-order valence-electron chi connectivity index (χ2n) is 6.75. The first kappa shape index (κ1) is 18.7. The average molecular weight is 334 g/mol. The zero-order valence-electron chi connectivity index (χ0n) is 15.0. The van der Waals surface area contributed by atoms with Gasteiger partial charge in [-0.3, -0.25) is 0 Å². The van der Waals surface area contributed by atoms with E-state index in [9.17, 15) is 9.90 Å². The number of urea groups is 1. The van der Waals surface area contributed by atoms with Gasteiger partial charge in [0.15, 0.2) is 0 Å². The van der Waals surface area contributed by atoms with Gasteiger partial charge in [0.2, 0.25) is 0 Å². The first-order chi connectivity index (χ1) is 11.5. The summed E-state index contributed by atoms with van der Waals surface area (Å²) in [5, 5.41) is 12.8. The second-order valence-corrected chi connectivity index (χ2v) is 6.75. The molecule has 2 N–H and O–H groups in total. The molecule has 0 aliphatic carbocycles. The predicted octanol–water partition coefficient (Wildman–Crippen LogP) is 2.50. The minimum absolute atomic E-state index is 0.0529. The molecule has 0 unspecified atom stereocenters. The number of hydrogen-bond acceptors (Lipinski definition) is 3. The minimum atomic E-state index is -0.443. The van der Waals surface area contributed by atoms with Crippen molar-refractivity contribution in [1.82, 2.24) is 10.2 Å². The molecule has 0 saturated carbocycles. The Hall–Kier alpha value is -1.59. The van der Waals surface area contributed by atoms with Gasteiger partial charge < -0.3 is 20.1 Å². The molecule has 0 spiro atoms. The van der Waals surface area contributed by atoms with Gasteiger partial charge in [0.25, 0.3) is 0 Å². The second kappa shape index (κ2) is 9.04. The van der Waals surface area contributed by atoms with Crippen molar-refractivity contribution in [3.8, 4) is 0 Å². The number of carbonyl (C=O) groups excluding carboxylic acids is 1. The molecular weight excluding hydrogens is 304 g/mol. The first-order valence-electron chi connectivity index (χ1n) is 8.88. The molecule has 5 heteroatoms. The van der Waals surface area contributed by atoms with Crippen LogP contribution in [0.4, 0.5) is 4.79 Å². The van der Waals surface area contributed by atoms with Gasteiger partial charge in [0.1, 0.15) is 0 Å². The van der Waals surface area contributed by atoms with Crippen LogP contribution in [0.3, 0.4) is 0 Å². The summed E-state index contributed by atoms with van der Waals surface area (Å²) in [5.41, 5.74) is 2.47. The molecule has 1 aliphatic heterocycles. The van der Waals surface area contributed by atoms with Gasteiger partial charge in [0, 0.05) is 12.6 Å². The summed E-state index contributed by atoms with van der Waals surface area (Å²) >= 11 is 0. The van der Waals surface area contributed by atoms with Crippen molar-refractivity contribution in [3.63, 3.8) is 0 Å². The lowest BCUT2D eigenvalue weighted by molar-refractivity contribution is -0.00483. The zero-order chi connectivity index (χ0) is 17.5. The molecule has 1 aromatic carbocycles. The van der Waals surface area contributed by atoms with Crippen molar-refractivity contribution in [1.29, 1.82) is 0 Å². The lowest BCUT2D eigenvalue weighted by Gasteiger charge is -2.37. The summed E-state index contributed by atoms with van der Waals surface area (Å²) in [6.45, 7) is 7.53. The van der Waals surface area contributed by atoms with Crippen molar-refractivity contribution in [2.45, 2.75) is 58.2 Å². The van der Waals surface area contributed by atoms with E-state index in [-0.39, 0.29) is 18.1 Å². The Kier molecular flexibility index (Phi) is 7.06. The Labute approximate surface area is 145 Å². The summed E-state index contributed by atoms with van der Waals surface area (Å²) in [5.74, 6) is 0. The summed E-state index contributed by atoms with van der Waals surface area (Å²) < 4.78 is 5.47. The molecule has 0 bridgehead atoms. The number of rotatable bonds is 6. The monoisotopic (exact) mass is 334 g/mol. The molecule has 0 aromatic heterocycles. The molecule has 0 radical (unpaired) electrons. The molecule has 1 aliphatic rings. The average Bonchev–Trinajstić information content (AvgIpc) is 2.56. The Morgan fingerprint density at radius 3 is 2.75 bits per heavy atom. The van der Waals surface area contributed by atoms with Gasteiger partial charge in [0.05, 0.1) is 25.4 Å². The molecule has 1 fully saturated rings. The highest BCUT2D eigenvalue weighted by molar-refractivity contribution is 5.75. The Morgan fingerprint density at radius 1 is 1.42 bits per heavy atom. The van der Waals surface area contributed by atoms with Crippen LogP contribution in [0, 0.1) is 6.92 Å². The van der Waals surface area contributed by atoms with E-state index in [1.54, 1.807) is 6.92 Å². The smallest absolute Gasteiger partial charge is 0.318 e. The van der Waals surface area contributed by atoms with E-state index >= 15 is 0 Å². The highest BCUT2D eigenvalue weighted by Crippen LogP contribution is 2.14. The van der Waals surface area contributed by atoms with E-state index < -0.39 is 6.10 Å². The fraction of sp³-hybridized carbons (Fsp3) is 0.632. The number of aryl methyl sites for hydroxylation is 1. The van der Waals surface area contributed by atoms with E-state index in [4.69, 9.17) is 4.74 Å². The molecule has 1 aromatic rings. The zero-order valence-corrected chi connectivity index (χ0v) is 15.0. The van der Waals surface area contributed by atoms with E-state index in [0.29, 0.717) is 26.2 Å². The highest BCUT2D eigenvalue weighted by atomic mass is 16.5. The fourth-order valence-corrected chi connectivity index (χ4v) is 3.07. The minimum Gasteiger partial charge on any atom is -0.393 e. The maximum absolute atomic E-state index is 12.7. The van der Waals surface area contributed by atoms with Crippen LogP contribution in [0.25, 0.3) is 0 Å². The third-order valence-electron chi connectivity index (χ3n) is 4.52. The molecule has 5 nitrogen and oxygen atoms in total. The van der Waals surface area contributed by atoms with Gasteiger partial charge in [-0.25, -0.2) is 4.79 Å². The Morgan fingerprint density at radius 2 is 2.12 bits per heavy atom. The number of morpholine rings is 1. The van der Waals surface area contributed by atoms with Crippen molar-refractivity contribution in [3.05, 3.63) is 35.4 Å². The number of aliphatic hydroxyl groups excluding tert-OH is 1. The summed E-state index contributed by atoms with van der Waals surface area (Å²) in [7, 11) is 0. The number of amides is 2. The van der Waals surface area contributed by atoms with Gasteiger partial charge in [-0.2, -0.15) is 0 Å². The molecule has 2 rings (SSSR count). The topological polar surface area (TPSA) is 61.8 Å². The predicted molar refractivity (Wildman–Crippen MR) is 95.1 cm³/mol. The molecule has 3 atom stereocenters. The Bertz CT molecular complexity index is 516. The molecule has 134 valence electrons. The van der Waals surface area contributed by atoms with E-state index in [2.05, 4.69) is 43.4 Å². The maximum atomic E-state index is 12.7. The molecular formula is C19H30N2O3. The third kappa shape index (κ3) is 5.49. The number of nitrogens with one attached hydrogen (secondary N) is 1. The van der Waals surface area contributed by atoms with Crippen molar-refractivity contribution in [2.75, 3.05) is 19.8 Å². The summed E-state index contributed by atoms with van der Waals surface area (Å²) in [4.78, 5) is 14.5. The number of ether oxygens (including phenoxy) is 1. The van der Waals surface area contributed by atoms with Crippen LogP contribution >= 0.6 is 0 Å². The molecule has 1 heterocycles. The maximum Gasteiger partial charge on any atom is 0.318 e. The molecule has 24 heavy (non-hydrogen) atoms. The standard InChI is InChI=1S/C19H30N2O3/c1-4-17(12-16-7-5-14(2)6-8-16)20-19(23)21-9-10-24-13-18(21)11-15(3)22/h5-8,15,17-18,22H,4,9-13H2,1-3H3,(H,20,23)/t15-,17-,18+/m1/s1. The third-order valence-corrected chi connectivity index (χ3v) is 4.52. The first-order valence-corrected chi connectivity index (χ1v) is 8.88. The Balaban J connectivity index is 1.95. The molecule has 2 amide bonds. The summed E-state index contributed by atoms with van der Waals surface area (Å²) in [6, 6.07) is 8.44. The van der Waals surface area contributed by atoms with Crippen LogP contribution in [-0.2, 0) is 11.2 Å². The lowest BCUT2D eigenvalue weighted by atomic mass is 10.0. The lowest BCUT2D eigenvalue weighted by Crippen LogP contribution is -2.55. The summed E-state index contributed by atoms with van der Waals surface area (Å²) in [6.07, 6.45) is 1.81. The largest absolute Gasteiger partial charge is 0.393 e. The van der Waals surface area contributed by atoms with Crippen LogP contribution in [-0.4, -0.2) is 54.0 Å². The van der Waals surface area contributed by atoms with Crippen LogP contribution in [0.1, 0.15) is 37.8 Å². The molecule has 1 saturated heterocycles. The number of hydrogen-bond donors (Lipinski definition) is 2. The number of carbonyl (C=O) groups is 1. The van der Waals surface area contributed by atoms with Crippen LogP contribution in [0.15, 0.2) is 24.3 Å². The van der Waals surface area contributed by atoms with Gasteiger partial charge in [-0.15, -0.1) is 0 Å². The van der Waals surface area contributed by atoms with Gasteiger partial charge in [-0.1, -0.05) is 36.8 Å². The van der Waals surface area contributed by atoms with Gasteiger partial charge >= 0.3 is 6.03 Å². The van der Waals surface area contributed by atoms with Crippen molar-refractivity contribution >= 4 is 6.03 Å². The van der Waals surface area contributed by atoms with E-state index in [0.717, 1.165) is 12.8 Å².